The molecule has 1 heterocycles. The van der Waals surface area contributed by atoms with Crippen molar-refractivity contribution >= 4 is 22.7 Å². The first-order valence-corrected chi connectivity index (χ1v) is 6.12. The summed E-state index contributed by atoms with van der Waals surface area (Å²) in [5, 5.41) is 0. The summed E-state index contributed by atoms with van der Waals surface area (Å²) in [6, 6.07) is 10.1. The van der Waals surface area contributed by atoms with Crippen LogP contribution >= 0.6 is 22.7 Å². The third kappa shape index (κ3) is 1.79. The lowest BCUT2D eigenvalue weighted by atomic mass is 10.1. The number of hydrogen-bond donors (Lipinski definition) is 0. The minimum absolute atomic E-state index is 0.195. The van der Waals surface area contributed by atoms with Crippen molar-refractivity contribution in [1.29, 1.82) is 0 Å². The maximum absolute atomic E-state index is 11.3. The molecule has 3 heteroatoms. The first kappa shape index (κ1) is 9.62. The van der Waals surface area contributed by atoms with Gasteiger partial charge in [0, 0.05) is 4.88 Å². The molecule has 14 heavy (non-hydrogen) atoms. The number of aryl methyl sites for hydroxylation is 1. The highest BCUT2D eigenvalue weighted by molar-refractivity contribution is 7.29. The second-order valence-electron chi connectivity index (χ2n) is 2.93. The number of benzene rings is 1. The Bertz CT molecular complexity index is 468. The van der Waals surface area contributed by atoms with E-state index in [9.17, 15) is 4.79 Å². The highest BCUT2D eigenvalue weighted by Gasteiger charge is 2.08. The predicted octanol–water partition coefficient (Wildman–Crippen LogP) is 3.40. The van der Waals surface area contributed by atoms with Gasteiger partial charge < -0.3 is 0 Å². The molecule has 1 nitrogen and oxygen atoms in total. The van der Waals surface area contributed by atoms with Crippen LogP contribution in [-0.2, 0) is 6.42 Å². The van der Waals surface area contributed by atoms with Gasteiger partial charge in [-0.15, -0.1) is 0 Å². The van der Waals surface area contributed by atoms with Crippen molar-refractivity contribution in [2.45, 2.75) is 13.3 Å². The minimum atomic E-state index is 0.195. The number of hydrogen-bond acceptors (Lipinski definition) is 3. The van der Waals surface area contributed by atoms with Crippen LogP contribution in [0.3, 0.4) is 0 Å². The van der Waals surface area contributed by atoms with Gasteiger partial charge in [-0.2, -0.15) is 0 Å². The molecule has 2 aromatic rings. The lowest BCUT2D eigenvalue weighted by Crippen LogP contribution is -1.77. The largest absolute Gasteiger partial charge is 0.288 e. The van der Waals surface area contributed by atoms with Gasteiger partial charge in [-0.3, -0.25) is 4.79 Å². The van der Waals surface area contributed by atoms with Gasteiger partial charge in [0.1, 0.15) is 0 Å². The lowest BCUT2D eigenvalue weighted by Gasteiger charge is -1.98. The Balaban J connectivity index is 2.56. The summed E-state index contributed by atoms with van der Waals surface area (Å²) in [7, 11) is 0. The van der Waals surface area contributed by atoms with Crippen LogP contribution in [0.25, 0.3) is 10.4 Å². The van der Waals surface area contributed by atoms with Crippen molar-refractivity contribution in [2.75, 3.05) is 0 Å². The van der Waals surface area contributed by atoms with Crippen molar-refractivity contribution in [3.05, 3.63) is 44.1 Å². The summed E-state index contributed by atoms with van der Waals surface area (Å²) < 4.78 is 0.195. The second kappa shape index (κ2) is 4.07. The van der Waals surface area contributed by atoms with Crippen molar-refractivity contribution in [1.82, 2.24) is 0 Å². The van der Waals surface area contributed by atoms with Gasteiger partial charge in [-0.25, -0.2) is 0 Å². The molecule has 0 radical (unpaired) electrons. The van der Waals surface area contributed by atoms with Crippen molar-refractivity contribution < 1.29 is 0 Å². The third-order valence-electron chi connectivity index (χ3n) is 2.00. The normalized spacial score (nSPS) is 10.4. The molecule has 0 atom stereocenters. The topological polar surface area (TPSA) is 17.1 Å². The van der Waals surface area contributed by atoms with E-state index in [-0.39, 0.29) is 4.06 Å². The molecule has 1 aromatic carbocycles. The summed E-state index contributed by atoms with van der Waals surface area (Å²) in [5.41, 5.74) is 1.16. The molecule has 0 aliphatic rings. The first-order chi connectivity index (χ1) is 6.81. The zero-order valence-corrected chi connectivity index (χ0v) is 9.45. The molecule has 2 rings (SSSR count). The van der Waals surface area contributed by atoms with E-state index in [1.165, 1.54) is 27.6 Å². The van der Waals surface area contributed by atoms with Crippen LogP contribution in [0.4, 0.5) is 0 Å². The maximum Gasteiger partial charge on any atom is 0.288 e. The highest BCUT2D eigenvalue weighted by atomic mass is 32.2. The van der Waals surface area contributed by atoms with Crippen molar-refractivity contribution in [3.8, 4) is 10.4 Å². The van der Waals surface area contributed by atoms with Crippen LogP contribution < -0.4 is 4.06 Å². The second-order valence-corrected chi connectivity index (χ2v) is 5.24. The minimum Gasteiger partial charge on any atom is -0.265 e. The molecule has 0 fully saturated rings. The van der Waals surface area contributed by atoms with Crippen LogP contribution in [0.5, 0.6) is 0 Å². The molecule has 0 N–H and O–H groups in total. The summed E-state index contributed by atoms with van der Waals surface area (Å²) in [6.07, 6.45) is 0.938. The van der Waals surface area contributed by atoms with E-state index in [0.29, 0.717) is 0 Å². The first-order valence-electron chi connectivity index (χ1n) is 4.49. The van der Waals surface area contributed by atoms with Crippen molar-refractivity contribution in [3.63, 3.8) is 0 Å². The van der Waals surface area contributed by atoms with Crippen LogP contribution in [0.2, 0.25) is 0 Å². The van der Waals surface area contributed by atoms with E-state index in [2.05, 4.69) is 19.1 Å². The Morgan fingerprint density at radius 3 is 2.50 bits per heavy atom. The smallest absolute Gasteiger partial charge is 0.265 e. The highest BCUT2D eigenvalue weighted by Crippen LogP contribution is 2.29. The fraction of sp³-hybridized carbons (Fsp3) is 0.182. The Hall–Kier alpha value is -0.930. The monoisotopic (exact) mass is 222 g/mol. The van der Waals surface area contributed by atoms with E-state index in [1.54, 1.807) is 0 Å². The third-order valence-corrected chi connectivity index (χ3v) is 4.39. The molecule has 0 unspecified atom stereocenters. The summed E-state index contributed by atoms with van der Waals surface area (Å²) >= 11 is 2.73. The van der Waals surface area contributed by atoms with Gasteiger partial charge in [0.15, 0.2) is 0 Å². The predicted molar refractivity (Wildman–Crippen MR) is 63.3 cm³/mol. The van der Waals surface area contributed by atoms with Crippen LogP contribution in [0.15, 0.2) is 35.1 Å². The fourth-order valence-electron chi connectivity index (χ4n) is 1.35. The molecule has 0 saturated carbocycles. The molecule has 0 aliphatic heterocycles. The Morgan fingerprint density at radius 1 is 1.14 bits per heavy atom. The fourth-order valence-corrected chi connectivity index (χ4v) is 3.55. The molecule has 0 bridgehead atoms. The van der Waals surface area contributed by atoms with Gasteiger partial charge in [0.05, 0.1) is 4.88 Å². The summed E-state index contributed by atoms with van der Waals surface area (Å²) in [5.74, 6) is 0. The molecular formula is C11H10OS2. The zero-order valence-electron chi connectivity index (χ0n) is 7.82. The van der Waals surface area contributed by atoms with Gasteiger partial charge >= 0.3 is 0 Å². The average molecular weight is 222 g/mol. The van der Waals surface area contributed by atoms with E-state index in [4.69, 9.17) is 0 Å². The van der Waals surface area contributed by atoms with E-state index < -0.39 is 0 Å². The quantitative estimate of drug-likeness (QED) is 0.761. The Morgan fingerprint density at radius 2 is 1.86 bits per heavy atom. The lowest BCUT2D eigenvalue weighted by molar-refractivity contribution is 1.19. The van der Waals surface area contributed by atoms with Crippen LogP contribution in [-0.4, -0.2) is 0 Å². The van der Waals surface area contributed by atoms with Crippen LogP contribution in [0, 0.1) is 0 Å². The zero-order chi connectivity index (χ0) is 9.97. The van der Waals surface area contributed by atoms with E-state index in [0.717, 1.165) is 16.9 Å². The van der Waals surface area contributed by atoms with Gasteiger partial charge in [0.25, 0.3) is 4.06 Å². The molecular weight excluding hydrogens is 212 g/mol. The molecule has 0 aliphatic carbocycles. The van der Waals surface area contributed by atoms with Gasteiger partial charge in [-0.1, -0.05) is 59.9 Å². The average Bonchev–Trinajstić information content (AvgIpc) is 2.61. The molecule has 72 valence electrons. The number of rotatable bonds is 2. The van der Waals surface area contributed by atoms with Crippen LogP contribution in [0.1, 0.15) is 11.8 Å². The summed E-state index contributed by atoms with van der Waals surface area (Å²) in [6.45, 7) is 2.09. The molecule has 0 amide bonds. The van der Waals surface area contributed by atoms with Crippen molar-refractivity contribution in [2.24, 2.45) is 0 Å². The Kier molecular flexibility index (Phi) is 2.79. The molecule has 0 saturated heterocycles. The van der Waals surface area contributed by atoms with E-state index >= 15 is 0 Å². The maximum atomic E-state index is 11.3. The molecule has 0 spiro atoms. The molecule has 1 aromatic heterocycles. The van der Waals surface area contributed by atoms with Gasteiger partial charge in [-0.05, 0) is 12.0 Å². The summed E-state index contributed by atoms with van der Waals surface area (Å²) in [4.78, 5) is 13.6. The van der Waals surface area contributed by atoms with Gasteiger partial charge in [0.2, 0.25) is 0 Å². The Labute approximate surface area is 90.7 Å². The standard InChI is InChI=1S/C11H10OS2/c1-2-9-10(14-11(12)13-9)8-6-4-3-5-7-8/h3-7H,2H2,1H3. The SMILES string of the molecule is CCc1sc(=O)sc1-c1ccccc1. The van der Waals surface area contributed by atoms with E-state index in [1.807, 2.05) is 18.2 Å².